The molecule has 1 aromatic heterocycles. The Bertz CT molecular complexity index is 2170. The van der Waals surface area contributed by atoms with E-state index in [1.165, 1.54) is 30.5 Å². The third kappa shape index (κ3) is 7.21. The van der Waals surface area contributed by atoms with Crippen molar-refractivity contribution in [3.63, 3.8) is 0 Å². The van der Waals surface area contributed by atoms with Crippen molar-refractivity contribution >= 4 is 50.2 Å². The normalized spacial score (nSPS) is 14.3. The van der Waals surface area contributed by atoms with E-state index in [0.717, 1.165) is 47.8 Å². The van der Waals surface area contributed by atoms with Crippen molar-refractivity contribution in [3.8, 4) is 11.3 Å². The predicted molar refractivity (Wildman–Crippen MR) is 197 cm³/mol. The molecule has 1 aliphatic heterocycles. The lowest BCUT2D eigenvalue weighted by Gasteiger charge is -2.37. The number of sulfonamides is 1. The Kier molecular flexibility index (Phi) is 10.5. The molecule has 0 saturated heterocycles. The number of hydrogen-bond acceptors (Lipinski definition) is 8. The van der Waals surface area contributed by atoms with Crippen LogP contribution in [-0.4, -0.2) is 60.8 Å². The van der Waals surface area contributed by atoms with Crippen LogP contribution in [0.25, 0.3) is 22.0 Å². The largest absolute Gasteiger partial charge is 0.341 e. The maximum Gasteiger partial charge on any atom is 0.265 e. The molecule has 1 atom stereocenters. The predicted octanol–water partition coefficient (Wildman–Crippen LogP) is 6.22. The SMILES string of the molecule is CCCN(CCC)c1ncc(Cl)c(-c2ccc(C(=O)NS(=O)(=O)c3ccc4ccccc4c3)cc2C(=O)N2Cc3ccccc3CC2CN)n1. The van der Waals surface area contributed by atoms with Crippen molar-refractivity contribution in [1.82, 2.24) is 19.6 Å². The van der Waals surface area contributed by atoms with Gasteiger partial charge in [-0.25, -0.2) is 23.1 Å². The lowest BCUT2D eigenvalue weighted by Crippen LogP contribution is -2.48. The van der Waals surface area contributed by atoms with Crippen molar-refractivity contribution < 1.29 is 18.0 Å². The Labute approximate surface area is 297 Å². The summed E-state index contributed by atoms with van der Waals surface area (Å²) in [6.45, 7) is 6.15. The summed E-state index contributed by atoms with van der Waals surface area (Å²) in [5, 5.41) is 1.81. The van der Waals surface area contributed by atoms with E-state index in [2.05, 4.69) is 28.5 Å². The highest BCUT2D eigenvalue weighted by molar-refractivity contribution is 7.90. The lowest BCUT2D eigenvalue weighted by molar-refractivity contribution is 0.0648. The van der Waals surface area contributed by atoms with Crippen LogP contribution in [0.3, 0.4) is 0 Å². The highest BCUT2D eigenvalue weighted by atomic mass is 35.5. The molecule has 2 heterocycles. The Balaban J connectivity index is 1.42. The minimum Gasteiger partial charge on any atom is -0.341 e. The second-order valence-corrected chi connectivity index (χ2v) is 14.4. The van der Waals surface area contributed by atoms with E-state index in [1.54, 1.807) is 23.1 Å². The molecule has 2 amide bonds. The molecular weight excluding hydrogens is 672 g/mol. The number of anilines is 1. The smallest absolute Gasteiger partial charge is 0.265 e. The third-order valence-electron chi connectivity index (χ3n) is 8.92. The Morgan fingerprint density at radius 3 is 2.36 bits per heavy atom. The van der Waals surface area contributed by atoms with Gasteiger partial charge < -0.3 is 15.5 Å². The van der Waals surface area contributed by atoms with E-state index in [9.17, 15) is 18.0 Å². The van der Waals surface area contributed by atoms with Crippen LogP contribution in [0.2, 0.25) is 5.02 Å². The summed E-state index contributed by atoms with van der Waals surface area (Å²) < 4.78 is 29.0. The standard InChI is InChI=1S/C38H39ClN6O4S/c1-3-17-44(18-4-2)38-41-23-34(39)35(42-38)32-16-14-28(36(46)43-50(48,49)31-15-13-25-9-5-6-11-27(25)20-31)21-33(32)37(47)45-24-29-12-8-7-10-26(29)19-30(45)22-40/h5-16,20-21,23,30H,3-4,17-19,22,24,40H2,1-2H3,(H,43,46). The average Bonchev–Trinajstić information content (AvgIpc) is 3.13. The molecule has 0 aliphatic carbocycles. The number of carbonyl (C=O) groups excluding carboxylic acids is 2. The van der Waals surface area contributed by atoms with E-state index in [4.69, 9.17) is 22.3 Å². The number of amides is 2. The fourth-order valence-electron chi connectivity index (χ4n) is 6.38. The minimum absolute atomic E-state index is 0.0211. The van der Waals surface area contributed by atoms with Gasteiger partial charge in [0.1, 0.15) is 0 Å². The van der Waals surface area contributed by atoms with E-state index >= 15 is 0 Å². The maximum absolute atomic E-state index is 14.6. The highest BCUT2D eigenvalue weighted by Gasteiger charge is 2.32. The highest BCUT2D eigenvalue weighted by Crippen LogP contribution is 2.34. The number of nitrogens with two attached hydrogens (primary N) is 1. The van der Waals surface area contributed by atoms with Crippen LogP contribution in [0, 0.1) is 0 Å². The molecule has 1 aliphatic rings. The number of rotatable bonds is 11. The molecule has 258 valence electrons. The van der Waals surface area contributed by atoms with Crippen molar-refractivity contribution in [2.24, 2.45) is 5.73 Å². The fraction of sp³-hybridized carbons (Fsp3) is 0.263. The first-order valence-electron chi connectivity index (χ1n) is 16.7. The summed E-state index contributed by atoms with van der Waals surface area (Å²) in [5.74, 6) is -0.793. The van der Waals surface area contributed by atoms with Crippen molar-refractivity contribution in [2.45, 2.75) is 50.6 Å². The summed E-state index contributed by atoms with van der Waals surface area (Å²) >= 11 is 6.73. The molecule has 0 saturated carbocycles. The lowest BCUT2D eigenvalue weighted by atomic mass is 9.92. The molecule has 4 aromatic carbocycles. The Morgan fingerprint density at radius 1 is 0.940 bits per heavy atom. The van der Waals surface area contributed by atoms with Crippen LogP contribution in [0.15, 0.2) is 96.0 Å². The number of halogens is 1. The first kappa shape index (κ1) is 35.0. The van der Waals surface area contributed by atoms with Crippen LogP contribution in [-0.2, 0) is 23.0 Å². The van der Waals surface area contributed by atoms with Crippen LogP contribution in [0.1, 0.15) is 58.5 Å². The topological polar surface area (TPSA) is 139 Å². The molecule has 3 N–H and O–H groups in total. The molecule has 5 aromatic rings. The zero-order chi connectivity index (χ0) is 35.4. The van der Waals surface area contributed by atoms with Crippen LogP contribution >= 0.6 is 11.6 Å². The van der Waals surface area contributed by atoms with E-state index in [0.29, 0.717) is 30.2 Å². The van der Waals surface area contributed by atoms with Gasteiger partial charge in [-0.1, -0.05) is 86.1 Å². The van der Waals surface area contributed by atoms with Crippen LogP contribution < -0.4 is 15.4 Å². The molecule has 12 heteroatoms. The summed E-state index contributed by atoms with van der Waals surface area (Å²) in [5.41, 5.74) is 9.17. The van der Waals surface area contributed by atoms with Gasteiger partial charge in [-0.2, -0.15) is 0 Å². The van der Waals surface area contributed by atoms with Gasteiger partial charge in [-0.3, -0.25) is 9.59 Å². The number of nitrogens with one attached hydrogen (secondary N) is 1. The maximum atomic E-state index is 14.6. The molecular formula is C38H39ClN6O4S. The minimum atomic E-state index is -4.25. The van der Waals surface area contributed by atoms with Crippen LogP contribution in [0.4, 0.5) is 5.95 Å². The molecule has 0 spiro atoms. The number of aromatic nitrogens is 2. The van der Waals surface area contributed by atoms with Crippen molar-refractivity contribution in [1.29, 1.82) is 0 Å². The third-order valence-corrected chi connectivity index (χ3v) is 10.5. The fourth-order valence-corrected chi connectivity index (χ4v) is 7.59. The Morgan fingerprint density at radius 2 is 1.64 bits per heavy atom. The molecule has 1 unspecified atom stereocenters. The van der Waals surface area contributed by atoms with Gasteiger partial charge in [0, 0.05) is 48.9 Å². The molecule has 0 fully saturated rings. The number of nitrogens with zero attached hydrogens (tertiary/aromatic N) is 4. The summed E-state index contributed by atoms with van der Waals surface area (Å²) in [4.78, 5) is 41.3. The van der Waals surface area contributed by atoms with E-state index in [1.807, 2.05) is 42.5 Å². The summed E-state index contributed by atoms with van der Waals surface area (Å²) in [6, 6.07) is 24.1. The van der Waals surface area contributed by atoms with Crippen LogP contribution in [0.5, 0.6) is 0 Å². The second-order valence-electron chi connectivity index (χ2n) is 12.4. The quantitative estimate of drug-likeness (QED) is 0.165. The van der Waals surface area contributed by atoms with Gasteiger partial charge in [0.05, 0.1) is 21.8 Å². The van der Waals surface area contributed by atoms with Gasteiger partial charge in [0.25, 0.3) is 21.8 Å². The summed E-state index contributed by atoms with van der Waals surface area (Å²) in [7, 11) is -4.25. The monoisotopic (exact) mass is 710 g/mol. The molecule has 50 heavy (non-hydrogen) atoms. The van der Waals surface area contributed by atoms with Crippen molar-refractivity contribution in [3.05, 3.63) is 118 Å². The second kappa shape index (κ2) is 15.0. The van der Waals surface area contributed by atoms with Gasteiger partial charge in [-0.05, 0) is 65.4 Å². The average molecular weight is 711 g/mol. The zero-order valence-electron chi connectivity index (χ0n) is 28.0. The van der Waals surface area contributed by atoms with Gasteiger partial charge in [0.15, 0.2) is 0 Å². The van der Waals surface area contributed by atoms with Crippen molar-refractivity contribution in [2.75, 3.05) is 24.5 Å². The molecule has 0 bridgehead atoms. The number of hydrogen-bond donors (Lipinski definition) is 2. The zero-order valence-corrected chi connectivity index (χ0v) is 29.5. The van der Waals surface area contributed by atoms with Gasteiger partial charge in [0.2, 0.25) is 5.95 Å². The van der Waals surface area contributed by atoms with E-state index in [-0.39, 0.29) is 39.5 Å². The van der Waals surface area contributed by atoms with E-state index < -0.39 is 15.9 Å². The first-order chi connectivity index (χ1) is 24.1. The van der Waals surface area contributed by atoms with Gasteiger partial charge in [-0.15, -0.1) is 0 Å². The summed E-state index contributed by atoms with van der Waals surface area (Å²) in [6.07, 6.45) is 3.85. The van der Waals surface area contributed by atoms with Gasteiger partial charge >= 0.3 is 0 Å². The first-order valence-corrected chi connectivity index (χ1v) is 18.5. The number of fused-ring (bicyclic) bond motifs is 2. The molecule has 0 radical (unpaired) electrons. The molecule has 10 nitrogen and oxygen atoms in total. The molecule has 6 rings (SSSR count). The Hall–Kier alpha value is -4.84. The number of carbonyl (C=O) groups is 2. The number of benzene rings is 4.